The van der Waals surface area contributed by atoms with Gasteiger partial charge in [0, 0.05) is 45.0 Å². The third-order valence-corrected chi connectivity index (χ3v) is 4.01. The van der Waals surface area contributed by atoms with Gasteiger partial charge in [0.1, 0.15) is 0 Å². The molecule has 0 aliphatic heterocycles. The molecule has 0 saturated heterocycles. The molecule has 0 saturated carbocycles. The smallest absolute Gasteiger partial charge is 0.422 e. The molecule has 0 aliphatic rings. The predicted octanol–water partition coefficient (Wildman–Crippen LogP) is 3.60. The minimum absolute atomic E-state index is 0. The second-order valence-electron chi connectivity index (χ2n) is 6.85. The normalized spacial score (nSPS) is 11.4. The number of halogens is 4. The molecule has 0 unspecified atom stereocenters. The van der Waals surface area contributed by atoms with Crippen molar-refractivity contribution in [3.63, 3.8) is 0 Å². The van der Waals surface area contributed by atoms with Gasteiger partial charge in [-0.25, -0.2) is 9.98 Å². The van der Waals surface area contributed by atoms with Gasteiger partial charge in [-0.1, -0.05) is 12.1 Å². The van der Waals surface area contributed by atoms with E-state index in [1.54, 1.807) is 32.3 Å². The fourth-order valence-corrected chi connectivity index (χ4v) is 2.50. The first kappa shape index (κ1) is 27.5. The average molecular weight is 565 g/mol. The average Bonchev–Trinajstić information content (AvgIpc) is 2.74. The molecule has 0 aliphatic carbocycles. The lowest BCUT2D eigenvalue weighted by Gasteiger charge is -2.13. The standard InChI is InChI=1S/C21H26F3N5O2.HI/c1-4-25-20(27-12-15-5-7-17(8-6-15)19(30)29(2)3)28-13-16-9-10-26-18(11-16)31-14-21(22,23)24;/h5-11H,4,12-14H2,1-3H3,(H2,25,27,28);1H. The number of aliphatic imine (C=N–C) groups is 1. The van der Waals surface area contributed by atoms with Crippen molar-refractivity contribution in [3.8, 4) is 5.88 Å². The zero-order valence-electron chi connectivity index (χ0n) is 18.1. The number of aromatic nitrogens is 1. The first-order valence-electron chi connectivity index (χ1n) is 9.65. The van der Waals surface area contributed by atoms with Crippen LogP contribution in [0.1, 0.15) is 28.4 Å². The van der Waals surface area contributed by atoms with Crippen LogP contribution >= 0.6 is 24.0 Å². The summed E-state index contributed by atoms with van der Waals surface area (Å²) in [6.07, 6.45) is -3.04. The molecule has 0 radical (unpaired) electrons. The summed E-state index contributed by atoms with van der Waals surface area (Å²) >= 11 is 0. The number of nitrogens with zero attached hydrogens (tertiary/aromatic N) is 3. The van der Waals surface area contributed by atoms with Crippen molar-refractivity contribution in [2.24, 2.45) is 4.99 Å². The highest BCUT2D eigenvalue weighted by Gasteiger charge is 2.28. The maximum atomic E-state index is 12.3. The Morgan fingerprint density at radius 3 is 2.41 bits per heavy atom. The fraction of sp³-hybridized carbons (Fsp3) is 0.381. The van der Waals surface area contributed by atoms with E-state index in [9.17, 15) is 18.0 Å². The van der Waals surface area contributed by atoms with Crippen molar-refractivity contribution in [1.29, 1.82) is 0 Å². The Balaban J connectivity index is 0.00000512. The number of pyridine rings is 1. The molecule has 0 bridgehead atoms. The Morgan fingerprint density at radius 1 is 1.12 bits per heavy atom. The minimum atomic E-state index is -4.42. The number of carbonyl (C=O) groups excluding carboxylic acids is 1. The molecule has 2 N–H and O–H groups in total. The Labute approximate surface area is 202 Å². The monoisotopic (exact) mass is 565 g/mol. The topological polar surface area (TPSA) is 78.9 Å². The van der Waals surface area contributed by atoms with Gasteiger partial charge in [0.15, 0.2) is 12.6 Å². The zero-order valence-corrected chi connectivity index (χ0v) is 20.4. The van der Waals surface area contributed by atoms with Crippen molar-refractivity contribution in [2.75, 3.05) is 27.2 Å². The summed E-state index contributed by atoms with van der Waals surface area (Å²) in [5.74, 6) is 0.381. The summed E-state index contributed by atoms with van der Waals surface area (Å²) in [5, 5.41) is 6.30. The van der Waals surface area contributed by atoms with Gasteiger partial charge in [-0.3, -0.25) is 4.79 Å². The van der Waals surface area contributed by atoms with Crippen LogP contribution in [0.25, 0.3) is 0 Å². The number of benzene rings is 1. The molecule has 2 aromatic rings. The molecule has 1 heterocycles. The van der Waals surface area contributed by atoms with Gasteiger partial charge in [0.25, 0.3) is 5.91 Å². The molecule has 176 valence electrons. The molecule has 32 heavy (non-hydrogen) atoms. The van der Waals surface area contributed by atoms with Crippen LogP contribution in [-0.4, -0.2) is 55.2 Å². The highest BCUT2D eigenvalue weighted by atomic mass is 127. The molecule has 0 atom stereocenters. The third-order valence-electron chi connectivity index (χ3n) is 4.01. The number of nitrogens with one attached hydrogen (secondary N) is 2. The van der Waals surface area contributed by atoms with Gasteiger partial charge in [-0.05, 0) is 36.2 Å². The summed E-state index contributed by atoms with van der Waals surface area (Å²) in [5.41, 5.74) is 2.24. The Hall–Kier alpha value is -2.57. The van der Waals surface area contributed by atoms with Crippen molar-refractivity contribution < 1.29 is 22.7 Å². The van der Waals surface area contributed by atoms with Crippen LogP contribution in [0.4, 0.5) is 13.2 Å². The largest absolute Gasteiger partial charge is 0.468 e. The molecule has 1 aromatic heterocycles. The molecule has 0 spiro atoms. The summed E-state index contributed by atoms with van der Waals surface area (Å²) in [4.78, 5) is 21.7. The zero-order chi connectivity index (χ0) is 22.9. The van der Waals surface area contributed by atoms with E-state index in [1.807, 2.05) is 19.1 Å². The summed E-state index contributed by atoms with van der Waals surface area (Å²) in [6, 6.07) is 10.3. The van der Waals surface area contributed by atoms with Gasteiger partial charge in [-0.15, -0.1) is 24.0 Å². The molecule has 1 aromatic carbocycles. The fourth-order valence-electron chi connectivity index (χ4n) is 2.50. The second kappa shape index (κ2) is 13.1. The Morgan fingerprint density at radius 2 is 1.81 bits per heavy atom. The van der Waals surface area contributed by atoms with E-state index in [0.29, 0.717) is 30.2 Å². The van der Waals surface area contributed by atoms with Crippen LogP contribution < -0.4 is 15.4 Å². The lowest BCUT2D eigenvalue weighted by Crippen LogP contribution is -2.36. The third kappa shape index (κ3) is 9.71. The highest BCUT2D eigenvalue weighted by molar-refractivity contribution is 14.0. The number of carbonyl (C=O) groups is 1. The predicted molar refractivity (Wildman–Crippen MR) is 127 cm³/mol. The van der Waals surface area contributed by atoms with E-state index in [4.69, 9.17) is 0 Å². The van der Waals surface area contributed by atoms with Crippen LogP contribution in [0.3, 0.4) is 0 Å². The molecule has 11 heteroatoms. The van der Waals surface area contributed by atoms with Crippen LogP contribution in [-0.2, 0) is 13.1 Å². The maximum Gasteiger partial charge on any atom is 0.422 e. The molecule has 7 nitrogen and oxygen atoms in total. The first-order valence-corrected chi connectivity index (χ1v) is 9.65. The van der Waals surface area contributed by atoms with E-state index < -0.39 is 12.8 Å². The number of hydrogen-bond donors (Lipinski definition) is 2. The molecular formula is C21H27F3IN5O2. The van der Waals surface area contributed by atoms with E-state index in [1.165, 1.54) is 17.2 Å². The van der Waals surface area contributed by atoms with Crippen molar-refractivity contribution in [3.05, 3.63) is 59.3 Å². The minimum Gasteiger partial charge on any atom is -0.468 e. The number of guanidine groups is 1. The van der Waals surface area contributed by atoms with Gasteiger partial charge in [-0.2, -0.15) is 13.2 Å². The van der Waals surface area contributed by atoms with Crippen LogP contribution in [0, 0.1) is 0 Å². The molecular weight excluding hydrogens is 538 g/mol. The summed E-state index contributed by atoms with van der Waals surface area (Å²) in [7, 11) is 3.40. The Bertz CT molecular complexity index is 890. The lowest BCUT2D eigenvalue weighted by molar-refractivity contribution is -0.154. The van der Waals surface area contributed by atoms with Crippen LogP contribution in [0.2, 0.25) is 0 Å². The molecule has 0 fully saturated rings. The first-order chi connectivity index (χ1) is 14.7. The van der Waals surface area contributed by atoms with Gasteiger partial charge >= 0.3 is 6.18 Å². The van der Waals surface area contributed by atoms with Gasteiger partial charge < -0.3 is 20.3 Å². The number of hydrogen-bond acceptors (Lipinski definition) is 4. The highest BCUT2D eigenvalue weighted by Crippen LogP contribution is 2.17. The van der Waals surface area contributed by atoms with E-state index in [2.05, 4.69) is 25.3 Å². The van der Waals surface area contributed by atoms with E-state index in [0.717, 1.165) is 5.56 Å². The SMILES string of the molecule is CCNC(=NCc1ccnc(OCC(F)(F)F)c1)NCc1ccc(C(=O)N(C)C)cc1.I. The summed E-state index contributed by atoms with van der Waals surface area (Å²) < 4.78 is 41.5. The Kier molecular flexibility index (Phi) is 11.2. The van der Waals surface area contributed by atoms with Crippen LogP contribution in [0.15, 0.2) is 47.6 Å². The van der Waals surface area contributed by atoms with Gasteiger partial charge in [0.05, 0.1) is 6.54 Å². The number of ether oxygens (including phenoxy) is 1. The van der Waals surface area contributed by atoms with Crippen LogP contribution in [0.5, 0.6) is 5.88 Å². The van der Waals surface area contributed by atoms with Crippen molar-refractivity contribution in [2.45, 2.75) is 26.2 Å². The summed E-state index contributed by atoms with van der Waals surface area (Å²) in [6.45, 7) is 1.89. The number of rotatable bonds is 8. The van der Waals surface area contributed by atoms with Crippen molar-refractivity contribution in [1.82, 2.24) is 20.5 Å². The van der Waals surface area contributed by atoms with E-state index >= 15 is 0 Å². The van der Waals surface area contributed by atoms with Gasteiger partial charge in [0.2, 0.25) is 5.88 Å². The maximum absolute atomic E-state index is 12.3. The molecule has 1 amide bonds. The van der Waals surface area contributed by atoms with E-state index in [-0.39, 0.29) is 42.3 Å². The number of alkyl halides is 3. The molecule has 2 rings (SSSR count). The van der Waals surface area contributed by atoms with Crippen molar-refractivity contribution >= 4 is 35.8 Å². The number of amides is 1. The second-order valence-corrected chi connectivity index (χ2v) is 6.85. The lowest BCUT2D eigenvalue weighted by atomic mass is 10.1. The quantitative estimate of drug-likeness (QED) is 0.291.